The van der Waals surface area contributed by atoms with Crippen LogP contribution >= 0.6 is 0 Å². The summed E-state index contributed by atoms with van der Waals surface area (Å²) in [5.41, 5.74) is 16.8. The molecule has 0 saturated heterocycles. The predicted molar refractivity (Wildman–Crippen MR) is 277 cm³/mol. The zero-order valence-electron chi connectivity index (χ0n) is 36.9. The van der Waals surface area contributed by atoms with Crippen molar-refractivity contribution in [1.29, 1.82) is 0 Å². The van der Waals surface area contributed by atoms with Crippen molar-refractivity contribution >= 4 is 88.8 Å². The second-order valence-electron chi connectivity index (χ2n) is 16.8. The van der Waals surface area contributed by atoms with E-state index in [4.69, 9.17) is 9.97 Å². The zero-order valence-corrected chi connectivity index (χ0v) is 36.9. The van der Waals surface area contributed by atoms with E-state index in [1.165, 1.54) is 43.6 Å². The summed E-state index contributed by atoms with van der Waals surface area (Å²) in [4.78, 5) is 15.3. The van der Waals surface area contributed by atoms with Gasteiger partial charge in [0.05, 0.1) is 33.5 Å². The van der Waals surface area contributed by atoms with Gasteiger partial charge in [-0.1, -0.05) is 121 Å². The first-order valence-electron chi connectivity index (χ1n) is 22.8. The molecule has 6 nitrogen and oxygen atoms in total. The monoisotopic (exact) mass is 850 g/mol. The molecule has 316 valence electrons. The number of benzene rings is 9. The highest BCUT2D eigenvalue weighted by Gasteiger charge is 2.20. The smallest absolute Gasteiger partial charge is 0.0973 e. The topological polar surface area (TPSA) is 42.1 Å². The van der Waals surface area contributed by atoms with Crippen LogP contribution in [0.4, 0.5) is 34.1 Å². The van der Waals surface area contributed by atoms with Crippen LogP contribution in [-0.2, 0) is 13.1 Å². The zero-order chi connectivity index (χ0) is 44.1. The lowest BCUT2D eigenvalue weighted by molar-refractivity contribution is 0.827. The molecular formula is C60H46N6. The Balaban J connectivity index is 0.943. The highest BCUT2D eigenvalue weighted by molar-refractivity contribution is 6.10. The highest BCUT2D eigenvalue weighted by Crippen LogP contribution is 2.42. The molecule has 0 fully saturated rings. The molecule has 0 aliphatic heterocycles. The summed E-state index contributed by atoms with van der Waals surface area (Å²) in [7, 11) is 0. The van der Waals surface area contributed by atoms with Gasteiger partial charge < -0.3 is 18.9 Å². The molecule has 12 aromatic rings. The molecule has 0 aliphatic rings. The SMILES string of the molecule is CCn1c2ccccc2c2ccc(N(c3ccccc3)c3ccc(-c4nc5ccccc5nc4-c4ccc(N(c5ccccc5)c5ccc6c7ccccc7n(CC)c6c5)cc4)cc3)cc21. The average Bonchev–Trinajstić information content (AvgIpc) is 3.88. The van der Waals surface area contributed by atoms with E-state index in [1.54, 1.807) is 0 Å². The lowest BCUT2D eigenvalue weighted by atomic mass is 10.0. The van der Waals surface area contributed by atoms with Crippen LogP contribution in [0, 0.1) is 0 Å². The van der Waals surface area contributed by atoms with E-state index in [-0.39, 0.29) is 0 Å². The maximum atomic E-state index is 5.31. The molecule has 66 heavy (non-hydrogen) atoms. The first-order valence-corrected chi connectivity index (χ1v) is 22.8. The van der Waals surface area contributed by atoms with Crippen LogP contribution in [0.25, 0.3) is 77.2 Å². The third-order valence-electron chi connectivity index (χ3n) is 13.1. The van der Waals surface area contributed by atoms with Gasteiger partial charge in [-0.2, -0.15) is 0 Å². The fraction of sp³-hybridized carbons (Fsp3) is 0.0667. The van der Waals surface area contributed by atoms with Crippen molar-refractivity contribution in [3.63, 3.8) is 0 Å². The van der Waals surface area contributed by atoms with Crippen LogP contribution in [0.5, 0.6) is 0 Å². The van der Waals surface area contributed by atoms with Gasteiger partial charge in [0.1, 0.15) is 0 Å². The summed E-state index contributed by atoms with van der Waals surface area (Å²) in [6.45, 7) is 6.22. The molecular weight excluding hydrogens is 805 g/mol. The Labute approximate surface area is 383 Å². The molecule has 3 heterocycles. The number of hydrogen-bond acceptors (Lipinski definition) is 4. The number of hydrogen-bond donors (Lipinski definition) is 0. The van der Waals surface area contributed by atoms with Crippen LogP contribution in [-0.4, -0.2) is 19.1 Å². The molecule has 0 N–H and O–H groups in total. The first-order chi connectivity index (χ1) is 32.6. The van der Waals surface area contributed by atoms with Gasteiger partial charge in [-0.25, -0.2) is 9.97 Å². The van der Waals surface area contributed by atoms with Crippen LogP contribution in [0.1, 0.15) is 13.8 Å². The summed E-state index contributed by atoms with van der Waals surface area (Å²) >= 11 is 0. The van der Waals surface area contributed by atoms with E-state index in [9.17, 15) is 0 Å². The van der Waals surface area contributed by atoms with Crippen molar-refractivity contribution in [2.24, 2.45) is 0 Å². The number of aromatic nitrogens is 4. The van der Waals surface area contributed by atoms with E-state index in [1.807, 2.05) is 24.3 Å². The van der Waals surface area contributed by atoms with Crippen molar-refractivity contribution in [1.82, 2.24) is 19.1 Å². The molecule has 0 aliphatic carbocycles. The summed E-state index contributed by atoms with van der Waals surface area (Å²) in [5, 5.41) is 5.09. The van der Waals surface area contributed by atoms with Crippen molar-refractivity contribution in [2.75, 3.05) is 9.80 Å². The van der Waals surface area contributed by atoms with Gasteiger partial charge in [0, 0.05) is 90.9 Å². The third-order valence-corrected chi connectivity index (χ3v) is 13.1. The Morgan fingerprint density at radius 2 is 0.652 bits per heavy atom. The Morgan fingerprint density at radius 1 is 0.318 bits per heavy atom. The standard InChI is InChI=1S/C60H46N6/c1-3-63-55-25-15-11-21-49(55)51-37-35-47(39-57(51)63)65(43-17-7-5-8-18-43)45-31-27-41(28-32-45)59-60(62-54-24-14-13-23-53(54)61-59)42-29-33-46(34-30-42)66(44-19-9-6-10-20-44)48-36-38-52-50-22-12-16-26-56(50)64(4-2)58(52)40-48/h5-40H,3-4H2,1-2H3. The van der Waals surface area contributed by atoms with Gasteiger partial charge in [0.2, 0.25) is 0 Å². The Bertz CT molecular complexity index is 3470. The quantitative estimate of drug-likeness (QED) is 0.137. The van der Waals surface area contributed by atoms with E-state index >= 15 is 0 Å². The van der Waals surface area contributed by atoms with Gasteiger partial charge in [-0.15, -0.1) is 0 Å². The third kappa shape index (κ3) is 6.57. The molecule has 0 radical (unpaired) electrons. The number of aryl methyl sites for hydroxylation is 2. The fourth-order valence-corrected chi connectivity index (χ4v) is 10.0. The molecule has 3 aromatic heterocycles. The summed E-state index contributed by atoms with van der Waals surface area (Å²) in [6, 6.07) is 78.1. The van der Waals surface area contributed by atoms with Crippen LogP contribution < -0.4 is 9.80 Å². The van der Waals surface area contributed by atoms with Crippen molar-refractivity contribution in [2.45, 2.75) is 26.9 Å². The summed E-state index contributed by atoms with van der Waals surface area (Å²) in [6.07, 6.45) is 0. The van der Waals surface area contributed by atoms with Crippen molar-refractivity contribution in [3.05, 3.63) is 218 Å². The Morgan fingerprint density at radius 3 is 1.06 bits per heavy atom. The molecule has 9 aromatic carbocycles. The van der Waals surface area contributed by atoms with Gasteiger partial charge in [-0.05, 0) is 111 Å². The number of nitrogens with zero attached hydrogens (tertiary/aromatic N) is 6. The minimum absolute atomic E-state index is 0.839. The lowest BCUT2D eigenvalue weighted by Crippen LogP contribution is -2.10. The van der Waals surface area contributed by atoms with E-state index in [0.29, 0.717) is 0 Å². The second kappa shape index (κ2) is 16.3. The molecule has 6 heteroatoms. The van der Waals surface area contributed by atoms with Crippen molar-refractivity contribution in [3.8, 4) is 22.5 Å². The highest BCUT2D eigenvalue weighted by atomic mass is 15.2. The minimum atomic E-state index is 0.839. The normalized spacial score (nSPS) is 11.6. The average molecular weight is 851 g/mol. The van der Waals surface area contributed by atoms with E-state index < -0.39 is 0 Å². The van der Waals surface area contributed by atoms with Gasteiger partial charge >= 0.3 is 0 Å². The molecule has 0 saturated carbocycles. The van der Waals surface area contributed by atoms with Crippen molar-refractivity contribution < 1.29 is 0 Å². The molecule has 12 rings (SSSR count). The fourth-order valence-electron chi connectivity index (χ4n) is 10.0. The number of anilines is 6. The largest absolute Gasteiger partial charge is 0.341 e. The summed E-state index contributed by atoms with van der Waals surface area (Å²) in [5.74, 6) is 0. The van der Waals surface area contributed by atoms with Crippen LogP contribution in [0.15, 0.2) is 218 Å². The number of para-hydroxylation sites is 6. The van der Waals surface area contributed by atoms with Gasteiger partial charge in [0.15, 0.2) is 0 Å². The number of rotatable bonds is 10. The maximum Gasteiger partial charge on any atom is 0.0973 e. The van der Waals surface area contributed by atoms with Gasteiger partial charge in [0.25, 0.3) is 0 Å². The molecule has 0 bridgehead atoms. The predicted octanol–water partition coefficient (Wildman–Crippen LogP) is 16.2. The Kier molecular flexibility index (Phi) is 9.64. The second-order valence-corrected chi connectivity index (χ2v) is 16.8. The molecule has 0 spiro atoms. The van der Waals surface area contributed by atoms with E-state index in [0.717, 1.165) is 80.8 Å². The summed E-state index contributed by atoms with van der Waals surface area (Å²) < 4.78 is 4.83. The molecule has 0 atom stereocenters. The maximum absolute atomic E-state index is 5.31. The molecule has 0 unspecified atom stereocenters. The molecule has 0 amide bonds. The number of fused-ring (bicyclic) bond motifs is 7. The van der Waals surface area contributed by atoms with Crippen LogP contribution in [0.2, 0.25) is 0 Å². The minimum Gasteiger partial charge on any atom is -0.341 e. The van der Waals surface area contributed by atoms with E-state index in [2.05, 4.69) is 227 Å². The van der Waals surface area contributed by atoms with Crippen LogP contribution in [0.3, 0.4) is 0 Å². The lowest BCUT2D eigenvalue weighted by Gasteiger charge is -2.26. The Hall–Kier alpha value is -8.48. The van der Waals surface area contributed by atoms with Gasteiger partial charge in [-0.3, -0.25) is 0 Å². The first kappa shape index (κ1) is 39.1.